The zero-order valence-electron chi connectivity index (χ0n) is 10.7. The molecule has 96 valence electrons. The summed E-state index contributed by atoms with van der Waals surface area (Å²) < 4.78 is 4.90. The van der Waals surface area contributed by atoms with E-state index in [4.69, 9.17) is 4.42 Å². The maximum Gasteiger partial charge on any atom is 0.417 e. The highest BCUT2D eigenvalue weighted by atomic mass is 16.4. The first-order chi connectivity index (χ1) is 8.44. The highest BCUT2D eigenvalue weighted by Gasteiger charge is 2.28. The summed E-state index contributed by atoms with van der Waals surface area (Å²) in [6, 6.07) is 4.97. The molecule has 2 rings (SSSR count). The quantitative estimate of drug-likeness (QED) is 0.805. The van der Waals surface area contributed by atoms with Crippen molar-refractivity contribution >= 4 is 16.9 Å². The highest BCUT2D eigenvalue weighted by molar-refractivity contribution is 6.02. The predicted octanol–water partition coefficient (Wildman–Crippen LogP) is 1.55. The molecule has 0 saturated carbocycles. The van der Waals surface area contributed by atoms with Gasteiger partial charge in [0.25, 0.3) is 0 Å². The summed E-state index contributed by atoms with van der Waals surface area (Å²) in [6.45, 7) is 4.36. The van der Waals surface area contributed by atoms with Crippen molar-refractivity contribution in [2.75, 3.05) is 13.6 Å². The fourth-order valence-corrected chi connectivity index (χ4v) is 2.01. The number of carbonyl (C=O) groups excluding carboxylic acids is 1. The third-order valence-corrected chi connectivity index (χ3v) is 2.91. The first-order valence-electron chi connectivity index (χ1n) is 5.76. The Morgan fingerprint density at radius 2 is 2.17 bits per heavy atom. The molecular formula is C13H16N2O3. The third kappa shape index (κ3) is 2.22. The van der Waals surface area contributed by atoms with E-state index in [-0.39, 0.29) is 5.78 Å². The van der Waals surface area contributed by atoms with Crippen LogP contribution in [-0.2, 0) is 0 Å². The molecule has 5 nitrogen and oxygen atoms in total. The van der Waals surface area contributed by atoms with Crippen molar-refractivity contribution in [3.8, 4) is 0 Å². The maximum atomic E-state index is 12.3. The Kier molecular flexibility index (Phi) is 3.09. The molecule has 2 aromatic rings. The third-order valence-electron chi connectivity index (χ3n) is 2.91. The van der Waals surface area contributed by atoms with Crippen LogP contribution in [0.25, 0.3) is 11.1 Å². The van der Waals surface area contributed by atoms with E-state index in [0.717, 1.165) is 0 Å². The van der Waals surface area contributed by atoms with Crippen LogP contribution in [0.15, 0.2) is 27.4 Å². The molecule has 1 aromatic carbocycles. The summed E-state index contributed by atoms with van der Waals surface area (Å²) in [7, 11) is 1.81. The Morgan fingerprint density at radius 3 is 2.83 bits per heavy atom. The van der Waals surface area contributed by atoms with Gasteiger partial charge < -0.3 is 9.73 Å². The van der Waals surface area contributed by atoms with Crippen molar-refractivity contribution in [3.63, 3.8) is 0 Å². The average molecular weight is 248 g/mol. The van der Waals surface area contributed by atoms with Crippen molar-refractivity contribution in [2.24, 2.45) is 5.41 Å². The lowest BCUT2D eigenvalue weighted by Crippen LogP contribution is -2.34. The van der Waals surface area contributed by atoms with Crippen LogP contribution in [0.5, 0.6) is 0 Å². The number of Topliss-reactive ketones (excluding diaryl/α,β-unsaturated/α-hetero) is 1. The fourth-order valence-electron chi connectivity index (χ4n) is 2.01. The maximum absolute atomic E-state index is 12.3. The average Bonchev–Trinajstić information content (AvgIpc) is 2.66. The summed E-state index contributed by atoms with van der Waals surface area (Å²) in [5, 5.41) is 3.00. The number of fused-ring (bicyclic) bond motifs is 1. The minimum absolute atomic E-state index is 0.0285. The summed E-state index contributed by atoms with van der Waals surface area (Å²) in [5.41, 5.74) is 1.08. The summed E-state index contributed by atoms with van der Waals surface area (Å²) in [5.74, 6) is -0.482. The van der Waals surface area contributed by atoms with Crippen LogP contribution in [-0.4, -0.2) is 24.4 Å². The van der Waals surface area contributed by atoms with Crippen LogP contribution in [0.3, 0.4) is 0 Å². The molecule has 0 fully saturated rings. The Labute approximate surface area is 104 Å². The Balaban J connectivity index is 2.41. The normalized spacial score (nSPS) is 11.9. The molecule has 0 atom stereocenters. The van der Waals surface area contributed by atoms with Gasteiger partial charge in [-0.15, -0.1) is 0 Å². The van der Waals surface area contributed by atoms with E-state index in [2.05, 4.69) is 10.3 Å². The molecule has 0 unspecified atom stereocenters. The van der Waals surface area contributed by atoms with Crippen LogP contribution in [0.4, 0.5) is 0 Å². The van der Waals surface area contributed by atoms with Gasteiger partial charge in [0.1, 0.15) is 0 Å². The van der Waals surface area contributed by atoms with Gasteiger partial charge in [-0.3, -0.25) is 9.78 Å². The summed E-state index contributed by atoms with van der Waals surface area (Å²) >= 11 is 0. The highest BCUT2D eigenvalue weighted by Crippen LogP contribution is 2.23. The lowest BCUT2D eigenvalue weighted by Gasteiger charge is -2.22. The molecule has 0 amide bonds. The second-order valence-electron chi connectivity index (χ2n) is 4.97. The SMILES string of the molecule is CNCC(C)(C)C(=O)c1ccc2oc(=O)[nH]c2c1. The minimum atomic E-state index is -0.510. The first kappa shape index (κ1) is 12.6. The molecule has 0 radical (unpaired) electrons. The second-order valence-corrected chi connectivity index (χ2v) is 4.97. The van der Waals surface area contributed by atoms with Gasteiger partial charge in [0.15, 0.2) is 11.4 Å². The number of aromatic nitrogens is 1. The van der Waals surface area contributed by atoms with E-state index in [9.17, 15) is 9.59 Å². The minimum Gasteiger partial charge on any atom is -0.408 e. The van der Waals surface area contributed by atoms with Crippen molar-refractivity contribution in [1.29, 1.82) is 0 Å². The van der Waals surface area contributed by atoms with E-state index < -0.39 is 11.2 Å². The van der Waals surface area contributed by atoms with Gasteiger partial charge >= 0.3 is 5.76 Å². The van der Waals surface area contributed by atoms with E-state index in [0.29, 0.717) is 23.2 Å². The van der Waals surface area contributed by atoms with Crippen LogP contribution < -0.4 is 11.1 Å². The number of hydrogen-bond acceptors (Lipinski definition) is 4. The van der Waals surface area contributed by atoms with Gasteiger partial charge in [0.05, 0.1) is 5.52 Å². The topological polar surface area (TPSA) is 75.1 Å². The number of hydrogen-bond donors (Lipinski definition) is 2. The van der Waals surface area contributed by atoms with Gasteiger partial charge in [0.2, 0.25) is 0 Å². The Morgan fingerprint density at radius 1 is 1.44 bits per heavy atom. The van der Waals surface area contributed by atoms with E-state index >= 15 is 0 Å². The molecule has 0 spiro atoms. The van der Waals surface area contributed by atoms with Crippen molar-refractivity contribution in [1.82, 2.24) is 10.3 Å². The van der Waals surface area contributed by atoms with E-state index in [1.54, 1.807) is 18.2 Å². The standard InChI is InChI=1S/C13H16N2O3/c1-13(2,7-14-3)11(16)8-4-5-10-9(6-8)15-12(17)18-10/h4-6,14H,7H2,1-3H3,(H,15,17). The van der Waals surface area contributed by atoms with Crippen molar-refractivity contribution < 1.29 is 9.21 Å². The van der Waals surface area contributed by atoms with Gasteiger partial charge in [-0.05, 0) is 25.2 Å². The van der Waals surface area contributed by atoms with Crippen molar-refractivity contribution in [3.05, 3.63) is 34.3 Å². The molecule has 1 heterocycles. The molecule has 1 aromatic heterocycles. The monoisotopic (exact) mass is 248 g/mol. The van der Waals surface area contributed by atoms with Gasteiger partial charge in [-0.1, -0.05) is 13.8 Å². The number of rotatable bonds is 4. The lowest BCUT2D eigenvalue weighted by atomic mass is 9.84. The predicted molar refractivity (Wildman–Crippen MR) is 68.9 cm³/mol. The molecule has 0 aliphatic carbocycles. The Bertz CT molecular complexity index is 637. The molecule has 18 heavy (non-hydrogen) atoms. The van der Waals surface area contributed by atoms with Crippen LogP contribution in [0.2, 0.25) is 0 Å². The number of nitrogens with one attached hydrogen (secondary N) is 2. The number of H-pyrrole nitrogens is 1. The van der Waals surface area contributed by atoms with Crippen LogP contribution in [0, 0.1) is 5.41 Å². The first-order valence-corrected chi connectivity index (χ1v) is 5.76. The number of oxazole rings is 1. The van der Waals surface area contributed by atoms with Crippen molar-refractivity contribution in [2.45, 2.75) is 13.8 Å². The lowest BCUT2D eigenvalue weighted by molar-refractivity contribution is 0.0839. The van der Waals surface area contributed by atoms with Crippen LogP contribution in [0.1, 0.15) is 24.2 Å². The molecule has 0 aliphatic rings. The largest absolute Gasteiger partial charge is 0.417 e. The van der Waals surface area contributed by atoms with E-state index in [1.165, 1.54) is 0 Å². The molecular weight excluding hydrogens is 232 g/mol. The smallest absolute Gasteiger partial charge is 0.408 e. The molecule has 2 N–H and O–H groups in total. The van der Waals surface area contributed by atoms with Gasteiger partial charge in [-0.25, -0.2) is 4.79 Å². The fraction of sp³-hybridized carbons (Fsp3) is 0.385. The van der Waals surface area contributed by atoms with Gasteiger partial charge in [-0.2, -0.15) is 0 Å². The number of aromatic amines is 1. The molecule has 0 bridgehead atoms. The number of ketones is 1. The van der Waals surface area contributed by atoms with Gasteiger partial charge in [0, 0.05) is 17.5 Å². The number of carbonyl (C=O) groups is 1. The zero-order valence-corrected chi connectivity index (χ0v) is 10.7. The molecule has 5 heteroatoms. The summed E-state index contributed by atoms with van der Waals surface area (Å²) in [6.07, 6.45) is 0. The summed E-state index contributed by atoms with van der Waals surface area (Å²) in [4.78, 5) is 25.9. The molecule has 0 aliphatic heterocycles. The van der Waals surface area contributed by atoms with Crippen LogP contribution >= 0.6 is 0 Å². The molecule has 0 saturated heterocycles. The Hall–Kier alpha value is -1.88. The zero-order chi connectivity index (χ0) is 13.3. The van der Waals surface area contributed by atoms with E-state index in [1.807, 2.05) is 20.9 Å². The number of benzene rings is 1. The second kappa shape index (κ2) is 4.42.